The summed E-state index contributed by atoms with van der Waals surface area (Å²) in [4.78, 5) is -0.0510. The maximum Gasteiger partial charge on any atom is 0.246 e. The third kappa shape index (κ3) is 4.25. The Balaban J connectivity index is 3.35. The van der Waals surface area contributed by atoms with Gasteiger partial charge in [0.1, 0.15) is 4.90 Å². The van der Waals surface area contributed by atoms with Crippen LogP contribution in [0.5, 0.6) is 0 Å². The van der Waals surface area contributed by atoms with Crippen LogP contribution in [0.2, 0.25) is 10.0 Å². The second-order valence-electron chi connectivity index (χ2n) is 5.03. The van der Waals surface area contributed by atoms with E-state index < -0.39 is 10.0 Å². The summed E-state index contributed by atoms with van der Waals surface area (Å²) in [6, 6.07) is 2.70. The molecule has 1 rings (SSSR count). The van der Waals surface area contributed by atoms with E-state index in [-0.39, 0.29) is 21.6 Å². The summed E-state index contributed by atoms with van der Waals surface area (Å²) >= 11 is 11.9. The molecule has 0 radical (unpaired) electrons. The van der Waals surface area contributed by atoms with E-state index >= 15 is 0 Å². The molecule has 0 saturated heterocycles. The van der Waals surface area contributed by atoms with Crippen molar-refractivity contribution in [1.29, 1.82) is 0 Å². The average molecular weight is 353 g/mol. The van der Waals surface area contributed by atoms with Crippen molar-refractivity contribution < 1.29 is 8.42 Å². The zero-order valence-electron chi connectivity index (χ0n) is 12.6. The molecule has 1 aromatic rings. The summed E-state index contributed by atoms with van der Waals surface area (Å²) in [5.74, 6) is 0. The van der Waals surface area contributed by atoms with Crippen molar-refractivity contribution in [1.82, 2.24) is 4.31 Å². The zero-order chi connectivity index (χ0) is 16.2. The van der Waals surface area contributed by atoms with Crippen molar-refractivity contribution in [2.45, 2.75) is 51.0 Å². The van der Waals surface area contributed by atoms with Gasteiger partial charge in [0.25, 0.3) is 0 Å². The first-order chi connectivity index (χ1) is 9.75. The van der Waals surface area contributed by atoms with Crippen LogP contribution in [-0.4, -0.2) is 25.3 Å². The molecule has 0 aliphatic heterocycles. The van der Waals surface area contributed by atoms with Crippen LogP contribution >= 0.6 is 23.2 Å². The van der Waals surface area contributed by atoms with Gasteiger partial charge in [-0.05, 0) is 31.9 Å². The minimum absolute atomic E-state index is 0.0510. The number of hydrogen-bond acceptors (Lipinski definition) is 3. The van der Waals surface area contributed by atoms with E-state index in [2.05, 4.69) is 0 Å². The molecule has 21 heavy (non-hydrogen) atoms. The summed E-state index contributed by atoms with van der Waals surface area (Å²) in [5, 5.41) is 0.380. The lowest BCUT2D eigenvalue weighted by molar-refractivity contribution is 0.324. The highest BCUT2D eigenvalue weighted by atomic mass is 35.5. The van der Waals surface area contributed by atoms with Gasteiger partial charge in [0.15, 0.2) is 0 Å². The Kier molecular flexibility index (Phi) is 6.78. The predicted molar refractivity (Wildman–Crippen MR) is 89.4 cm³/mol. The van der Waals surface area contributed by atoms with E-state index in [4.69, 9.17) is 28.9 Å². The lowest BCUT2D eigenvalue weighted by atomic mass is 10.2. The molecule has 0 bridgehead atoms. The second kappa shape index (κ2) is 7.68. The number of sulfonamides is 1. The van der Waals surface area contributed by atoms with Crippen LogP contribution in [0.4, 0.5) is 5.69 Å². The Bertz CT molecular complexity index is 568. The highest BCUT2D eigenvalue weighted by Crippen LogP contribution is 2.34. The Morgan fingerprint density at radius 2 is 1.90 bits per heavy atom. The number of rotatable bonds is 7. The number of hydrogen-bond donors (Lipinski definition) is 1. The van der Waals surface area contributed by atoms with Crippen molar-refractivity contribution in [2.75, 3.05) is 12.3 Å². The number of nitrogens with zero attached hydrogens (tertiary/aromatic N) is 1. The number of nitrogen functional groups attached to an aromatic ring is 1. The molecule has 4 nitrogen and oxygen atoms in total. The van der Waals surface area contributed by atoms with Crippen LogP contribution in [0.15, 0.2) is 17.0 Å². The molecular weight excluding hydrogens is 331 g/mol. The molecule has 0 aliphatic rings. The van der Waals surface area contributed by atoms with Crippen molar-refractivity contribution in [2.24, 2.45) is 0 Å². The lowest BCUT2D eigenvalue weighted by Crippen LogP contribution is -2.39. The van der Waals surface area contributed by atoms with Crippen molar-refractivity contribution in [3.05, 3.63) is 22.2 Å². The number of anilines is 1. The van der Waals surface area contributed by atoms with E-state index in [0.29, 0.717) is 18.0 Å². The average Bonchev–Trinajstić information content (AvgIpc) is 2.36. The van der Waals surface area contributed by atoms with Gasteiger partial charge < -0.3 is 5.73 Å². The smallest absolute Gasteiger partial charge is 0.246 e. The molecular formula is C14H22Cl2N2O2S. The lowest BCUT2D eigenvalue weighted by Gasteiger charge is -2.28. The Labute approximate surface area is 137 Å². The van der Waals surface area contributed by atoms with Gasteiger partial charge in [-0.2, -0.15) is 4.31 Å². The summed E-state index contributed by atoms with van der Waals surface area (Å²) in [6.07, 6.45) is 2.41. The van der Waals surface area contributed by atoms with Crippen LogP contribution in [0, 0.1) is 0 Å². The molecule has 1 aromatic carbocycles. The third-order valence-corrected chi connectivity index (χ3v) is 6.18. The Morgan fingerprint density at radius 1 is 1.29 bits per heavy atom. The summed E-state index contributed by atoms with van der Waals surface area (Å²) in [5.41, 5.74) is 5.92. The fourth-order valence-corrected chi connectivity index (χ4v) is 4.76. The fourth-order valence-electron chi connectivity index (χ4n) is 2.06. The highest BCUT2D eigenvalue weighted by molar-refractivity contribution is 7.89. The van der Waals surface area contributed by atoms with Gasteiger partial charge in [-0.25, -0.2) is 8.42 Å². The van der Waals surface area contributed by atoms with Gasteiger partial charge >= 0.3 is 0 Å². The quantitative estimate of drug-likeness (QED) is 0.749. The highest BCUT2D eigenvalue weighted by Gasteiger charge is 2.31. The summed E-state index contributed by atoms with van der Waals surface area (Å²) in [6.45, 7) is 6.30. The van der Waals surface area contributed by atoms with Gasteiger partial charge in [-0.3, -0.25) is 0 Å². The normalized spacial score (nSPS) is 13.6. The van der Waals surface area contributed by atoms with Crippen molar-refractivity contribution in [3.8, 4) is 0 Å². The Hall–Kier alpha value is -0.490. The maximum absolute atomic E-state index is 12.9. The van der Waals surface area contributed by atoms with Gasteiger partial charge in [-0.15, -0.1) is 0 Å². The Morgan fingerprint density at radius 3 is 2.38 bits per heavy atom. The molecule has 0 saturated carbocycles. The van der Waals surface area contributed by atoms with Gasteiger partial charge in [0.2, 0.25) is 10.0 Å². The minimum Gasteiger partial charge on any atom is -0.398 e. The molecule has 0 fully saturated rings. The first kappa shape index (κ1) is 18.6. The number of nitrogens with two attached hydrogens (primary N) is 1. The van der Waals surface area contributed by atoms with Crippen LogP contribution in [-0.2, 0) is 10.0 Å². The largest absolute Gasteiger partial charge is 0.398 e. The van der Waals surface area contributed by atoms with Gasteiger partial charge in [0, 0.05) is 17.6 Å². The van der Waals surface area contributed by atoms with E-state index in [0.717, 1.165) is 12.8 Å². The van der Waals surface area contributed by atoms with E-state index in [1.165, 1.54) is 16.4 Å². The standard InChI is InChI=1S/C14H22Cl2N2O2S/c1-4-6-7-18(10(3)5-2)21(19,20)14-12(16)8-11(15)9-13(14)17/h8-10H,4-7,17H2,1-3H3. The van der Waals surface area contributed by atoms with Crippen molar-refractivity contribution in [3.63, 3.8) is 0 Å². The molecule has 1 unspecified atom stereocenters. The molecule has 0 aromatic heterocycles. The van der Waals surface area contributed by atoms with Gasteiger partial charge in [-0.1, -0.05) is 43.5 Å². The van der Waals surface area contributed by atoms with Gasteiger partial charge in [0.05, 0.1) is 10.7 Å². The van der Waals surface area contributed by atoms with E-state index in [9.17, 15) is 8.42 Å². The first-order valence-electron chi connectivity index (χ1n) is 7.02. The monoisotopic (exact) mass is 352 g/mol. The number of benzene rings is 1. The topological polar surface area (TPSA) is 63.4 Å². The first-order valence-corrected chi connectivity index (χ1v) is 9.21. The molecule has 0 heterocycles. The van der Waals surface area contributed by atoms with Crippen LogP contribution in [0.25, 0.3) is 0 Å². The van der Waals surface area contributed by atoms with Crippen LogP contribution in [0.3, 0.4) is 0 Å². The fraction of sp³-hybridized carbons (Fsp3) is 0.571. The maximum atomic E-state index is 12.9. The SMILES string of the molecule is CCCCN(C(C)CC)S(=O)(=O)c1c(N)cc(Cl)cc1Cl. The summed E-state index contributed by atoms with van der Waals surface area (Å²) in [7, 11) is -3.75. The summed E-state index contributed by atoms with van der Waals surface area (Å²) < 4.78 is 27.3. The molecule has 0 amide bonds. The number of unbranched alkanes of at least 4 members (excludes halogenated alkanes) is 1. The molecule has 2 N–H and O–H groups in total. The van der Waals surface area contributed by atoms with E-state index in [1.54, 1.807) is 0 Å². The predicted octanol–water partition coefficient (Wildman–Crippen LogP) is 4.16. The molecule has 1 atom stereocenters. The zero-order valence-corrected chi connectivity index (χ0v) is 14.9. The van der Waals surface area contributed by atoms with Crippen molar-refractivity contribution >= 4 is 38.9 Å². The third-order valence-electron chi connectivity index (χ3n) is 3.42. The minimum atomic E-state index is -3.75. The van der Waals surface area contributed by atoms with Crippen LogP contribution < -0.4 is 5.73 Å². The molecule has 7 heteroatoms. The number of halogens is 2. The molecule has 0 aliphatic carbocycles. The second-order valence-corrected chi connectivity index (χ2v) is 7.70. The van der Waals surface area contributed by atoms with Crippen LogP contribution in [0.1, 0.15) is 40.0 Å². The molecule has 0 spiro atoms. The molecule has 120 valence electrons. The van der Waals surface area contributed by atoms with E-state index in [1.807, 2.05) is 20.8 Å².